The molecule has 0 spiro atoms. The molecular weight excluding hydrogens is 278 g/mol. The van der Waals surface area contributed by atoms with Gasteiger partial charge < -0.3 is 10.8 Å². The van der Waals surface area contributed by atoms with E-state index in [1.165, 1.54) is 6.33 Å². The van der Waals surface area contributed by atoms with Gasteiger partial charge in [0.25, 0.3) is 0 Å². The number of phenolic OH excluding ortho intramolecular Hbond substituents is 1. The zero-order valence-corrected chi connectivity index (χ0v) is 12.9. The van der Waals surface area contributed by atoms with Gasteiger partial charge in [-0.25, -0.2) is 14.6 Å². The number of benzene rings is 1. The number of hydrogen-bond donors (Lipinski definition) is 2. The Bertz CT molecular complexity index is 815. The number of anilines is 1. The van der Waals surface area contributed by atoms with Crippen LogP contribution >= 0.6 is 0 Å². The van der Waals surface area contributed by atoms with E-state index in [4.69, 9.17) is 10.8 Å². The van der Waals surface area contributed by atoms with Crippen LogP contribution in [0.3, 0.4) is 0 Å². The van der Waals surface area contributed by atoms with E-state index >= 15 is 0 Å². The van der Waals surface area contributed by atoms with Gasteiger partial charge in [-0.2, -0.15) is 5.10 Å². The number of rotatable bonds is 2. The van der Waals surface area contributed by atoms with Crippen LogP contribution in [0.2, 0.25) is 0 Å². The molecule has 3 aromatic rings. The van der Waals surface area contributed by atoms with E-state index in [2.05, 4.69) is 30.7 Å². The number of aromatic hydroxyl groups is 1. The summed E-state index contributed by atoms with van der Waals surface area (Å²) in [6.07, 6.45) is 2.07. The SMILES string of the molecule is CC(C)(C)n1nc(Cc2ccc(O)cc2)c2c(N)ncnc21. The zero-order chi connectivity index (χ0) is 15.9. The fourth-order valence-corrected chi connectivity index (χ4v) is 2.44. The highest BCUT2D eigenvalue weighted by atomic mass is 16.3. The summed E-state index contributed by atoms with van der Waals surface area (Å²) in [5.74, 6) is 0.686. The molecule has 1 aromatic carbocycles. The number of phenols is 1. The summed E-state index contributed by atoms with van der Waals surface area (Å²) in [7, 11) is 0. The highest BCUT2D eigenvalue weighted by Crippen LogP contribution is 2.28. The minimum atomic E-state index is -0.202. The predicted molar refractivity (Wildman–Crippen MR) is 85.6 cm³/mol. The summed E-state index contributed by atoms with van der Waals surface area (Å²) in [5.41, 5.74) is 8.47. The van der Waals surface area contributed by atoms with E-state index in [1.54, 1.807) is 12.1 Å². The molecule has 0 fully saturated rings. The van der Waals surface area contributed by atoms with Crippen molar-refractivity contribution >= 4 is 16.9 Å². The van der Waals surface area contributed by atoms with Crippen molar-refractivity contribution in [3.63, 3.8) is 0 Å². The number of aromatic nitrogens is 4. The van der Waals surface area contributed by atoms with Gasteiger partial charge in [0.05, 0.1) is 16.6 Å². The second kappa shape index (κ2) is 4.98. The normalized spacial score (nSPS) is 12.0. The second-order valence-electron chi connectivity index (χ2n) is 6.33. The van der Waals surface area contributed by atoms with E-state index in [0.717, 1.165) is 22.3 Å². The van der Waals surface area contributed by atoms with Crippen molar-refractivity contribution < 1.29 is 5.11 Å². The molecule has 0 saturated carbocycles. The molecule has 114 valence electrons. The van der Waals surface area contributed by atoms with E-state index < -0.39 is 0 Å². The molecule has 0 amide bonds. The Hall–Kier alpha value is -2.63. The van der Waals surface area contributed by atoms with Gasteiger partial charge in [0.15, 0.2) is 5.65 Å². The van der Waals surface area contributed by atoms with Gasteiger partial charge in [-0.15, -0.1) is 0 Å². The van der Waals surface area contributed by atoms with Crippen LogP contribution in [-0.2, 0) is 12.0 Å². The van der Waals surface area contributed by atoms with Crippen molar-refractivity contribution in [1.82, 2.24) is 19.7 Å². The highest BCUT2D eigenvalue weighted by molar-refractivity contribution is 5.88. The van der Waals surface area contributed by atoms with Gasteiger partial charge in [0.1, 0.15) is 17.9 Å². The lowest BCUT2D eigenvalue weighted by atomic mass is 10.1. The molecule has 0 unspecified atom stereocenters. The van der Waals surface area contributed by atoms with Crippen LogP contribution < -0.4 is 5.73 Å². The van der Waals surface area contributed by atoms with E-state index in [0.29, 0.717) is 12.2 Å². The third kappa shape index (κ3) is 2.47. The van der Waals surface area contributed by atoms with E-state index in [9.17, 15) is 5.11 Å². The largest absolute Gasteiger partial charge is 0.508 e. The first-order valence-corrected chi connectivity index (χ1v) is 7.13. The molecule has 22 heavy (non-hydrogen) atoms. The van der Waals surface area contributed by atoms with Crippen molar-refractivity contribution in [2.24, 2.45) is 0 Å². The molecule has 6 nitrogen and oxygen atoms in total. The summed E-state index contributed by atoms with van der Waals surface area (Å²) in [4.78, 5) is 8.45. The Morgan fingerprint density at radius 1 is 1.14 bits per heavy atom. The van der Waals surface area contributed by atoms with Gasteiger partial charge in [-0.1, -0.05) is 12.1 Å². The van der Waals surface area contributed by atoms with Crippen LogP contribution in [0.1, 0.15) is 32.0 Å². The van der Waals surface area contributed by atoms with Gasteiger partial charge in [0.2, 0.25) is 0 Å². The first kappa shape index (κ1) is 14.3. The fraction of sp³-hybridized carbons (Fsp3) is 0.312. The quantitative estimate of drug-likeness (QED) is 0.758. The van der Waals surface area contributed by atoms with Crippen molar-refractivity contribution in [3.8, 4) is 5.75 Å². The van der Waals surface area contributed by atoms with Crippen molar-refractivity contribution in [2.45, 2.75) is 32.7 Å². The standard InChI is InChI=1S/C16H19N5O/c1-16(2,3)21-15-13(14(17)18-9-19-15)12(20-21)8-10-4-6-11(22)7-5-10/h4-7,9,22H,8H2,1-3H3,(H2,17,18,19). The number of nitrogens with two attached hydrogens (primary N) is 1. The molecule has 6 heteroatoms. The number of nitrogen functional groups attached to an aromatic ring is 1. The van der Waals surface area contributed by atoms with Gasteiger partial charge in [-0.3, -0.25) is 0 Å². The molecule has 0 radical (unpaired) electrons. The maximum Gasteiger partial charge on any atom is 0.164 e. The lowest BCUT2D eigenvalue weighted by Gasteiger charge is -2.19. The molecule has 2 aromatic heterocycles. The molecule has 0 aliphatic rings. The third-order valence-electron chi connectivity index (χ3n) is 3.51. The fourth-order valence-electron chi connectivity index (χ4n) is 2.44. The van der Waals surface area contributed by atoms with Crippen molar-refractivity contribution in [3.05, 3.63) is 41.9 Å². The molecule has 0 aliphatic heterocycles. The molecule has 0 saturated heterocycles. The van der Waals surface area contributed by atoms with Crippen molar-refractivity contribution in [1.29, 1.82) is 0 Å². The maximum atomic E-state index is 9.39. The zero-order valence-electron chi connectivity index (χ0n) is 12.9. The Morgan fingerprint density at radius 3 is 2.45 bits per heavy atom. The Kier molecular flexibility index (Phi) is 3.24. The molecular formula is C16H19N5O. The molecule has 0 atom stereocenters. The predicted octanol–water partition coefficient (Wildman–Crippen LogP) is 2.46. The van der Waals surface area contributed by atoms with Crippen LogP contribution in [0.15, 0.2) is 30.6 Å². The molecule has 3 rings (SSSR count). The lowest BCUT2D eigenvalue weighted by molar-refractivity contribution is 0.363. The lowest BCUT2D eigenvalue weighted by Crippen LogP contribution is -2.23. The minimum absolute atomic E-state index is 0.202. The second-order valence-corrected chi connectivity index (χ2v) is 6.33. The van der Waals surface area contributed by atoms with Gasteiger partial charge >= 0.3 is 0 Å². The summed E-state index contributed by atoms with van der Waals surface area (Å²) in [6, 6.07) is 7.07. The highest BCUT2D eigenvalue weighted by Gasteiger charge is 2.23. The summed E-state index contributed by atoms with van der Waals surface area (Å²) >= 11 is 0. The van der Waals surface area contributed by atoms with Crippen LogP contribution in [0, 0.1) is 0 Å². The molecule has 0 bridgehead atoms. The topological polar surface area (TPSA) is 89.8 Å². The smallest absolute Gasteiger partial charge is 0.164 e. The van der Waals surface area contributed by atoms with Crippen LogP contribution in [-0.4, -0.2) is 24.9 Å². The molecule has 2 heterocycles. The average Bonchev–Trinajstić information content (AvgIpc) is 2.82. The molecule has 3 N–H and O–H groups in total. The van der Waals surface area contributed by atoms with E-state index in [1.807, 2.05) is 16.8 Å². The Labute approximate surface area is 128 Å². The number of nitrogens with zero attached hydrogens (tertiary/aromatic N) is 4. The first-order valence-electron chi connectivity index (χ1n) is 7.13. The average molecular weight is 297 g/mol. The summed E-state index contributed by atoms with van der Waals surface area (Å²) in [5, 5.41) is 14.9. The first-order chi connectivity index (χ1) is 10.4. The maximum absolute atomic E-state index is 9.39. The Balaban J connectivity index is 2.15. The van der Waals surface area contributed by atoms with Gasteiger partial charge in [-0.05, 0) is 38.5 Å². The van der Waals surface area contributed by atoms with E-state index in [-0.39, 0.29) is 11.3 Å². The molecule has 0 aliphatic carbocycles. The monoisotopic (exact) mass is 297 g/mol. The Morgan fingerprint density at radius 2 is 1.82 bits per heavy atom. The van der Waals surface area contributed by atoms with Crippen LogP contribution in [0.25, 0.3) is 11.0 Å². The van der Waals surface area contributed by atoms with Gasteiger partial charge in [0, 0.05) is 6.42 Å². The van der Waals surface area contributed by atoms with Crippen LogP contribution in [0.4, 0.5) is 5.82 Å². The van der Waals surface area contributed by atoms with Crippen molar-refractivity contribution in [2.75, 3.05) is 5.73 Å². The number of hydrogen-bond acceptors (Lipinski definition) is 5. The third-order valence-corrected chi connectivity index (χ3v) is 3.51. The minimum Gasteiger partial charge on any atom is -0.508 e. The summed E-state index contributed by atoms with van der Waals surface area (Å²) in [6.45, 7) is 6.21. The summed E-state index contributed by atoms with van der Waals surface area (Å²) < 4.78 is 1.89. The van der Waals surface area contributed by atoms with Crippen LogP contribution in [0.5, 0.6) is 5.75 Å². The number of fused-ring (bicyclic) bond motifs is 1.